The Kier molecular flexibility index (Phi) is 2.98. The molecule has 5 nitrogen and oxygen atoms in total. The molecule has 0 aromatic carbocycles. The van der Waals surface area contributed by atoms with Crippen molar-refractivity contribution in [1.82, 2.24) is 0 Å². The van der Waals surface area contributed by atoms with Crippen molar-refractivity contribution >= 4 is 34.1 Å². The predicted molar refractivity (Wildman–Crippen MR) is 66.8 cm³/mol. The van der Waals surface area contributed by atoms with E-state index in [1.807, 2.05) is 13.8 Å². The largest absolute Gasteiger partial charge is 0.477 e. The summed E-state index contributed by atoms with van der Waals surface area (Å²) in [6.45, 7) is 3.74. The van der Waals surface area contributed by atoms with Crippen LogP contribution in [-0.4, -0.2) is 22.9 Å². The van der Waals surface area contributed by atoms with Crippen LogP contribution in [0.3, 0.4) is 0 Å². The van der Waals surface area contributed by atoms with Crippen LogP contribution in [0.2, 0.25) is 0 Å². The van der Waals surface area contributed by atoms with Gasteiger partial charge in [-0.3, -0.25) is 9.59 Å². The van der Waals surface area contributed by atoms with E-state index in [2.05, 4.69) is 0 Å². The van der Waals surface area contributed by atoms with Gasteiger partial charge in [-0.05, 0) is 17.5 Å². The molecule has 2 amide bonds. The average molecular weight is 267 g/mol. The summed E-state index contributed by atoms with van der Waals surface area (Å²) in [4.78, 5) is 35.9. The molecule has 6 heteroatoms. The van der Waals surface area contributed by atoms with E-state index in [1.165, 1.54) is 12.1 Å². The number of carbonyl (C=O) groups is 3. The molecule has 0 spiro atoms. The second kappa shape index (κ2) is 4.20. The summed E-state index contributed by atoms with van der Waals surface area (Å²) in [6, 6.07) is 2.91. The molecular weight excluding hydrogens is 254 g/mol. The number of anilines is 1. The van der Waals surface area contributed by atoms with Gasteiger partial charge in [0.05, 0.1) is 0 Å². The van der Waals surface area contributed by atoms with E-state index in [0.29, 0.717) is 17.8 Å². The Hall–Kier alpha value is -1.69. The maximum Gasteiger partial charge on any atom is 0.345 e. The van der Waals surface area contributed by atoms with Crippen LogP contribution < -0.4 is 4.90 Å². The number of hydrogen-bond acceptors (Lipinski definition) is 4. The second-order valence-electron chi connectivity index (χ2n) is 5.08. The van der Waals surface area contributed by atoms with Crippen molar-refractivity contribution in [3.8, 4) is 0 Å². The minimum atomic E-state index is -1.05. The van der Waals surface area contributed by atoms with Gasteiger partial charge in [0.1, 0.15) is 9.88 Å². The van der Waals surface area contributed by atoms with E-state index in [0.717, 1.165) is 16.2 Å². The van der Waals surface area contributed by atoms with Gasteiger partial charge in [-0.15, -0.1) is 11.3 Å². The molecule has 1 fully saturated rings. The van der Waals surface area contributed by atoms with Crippen molar-refractivity contribution in [2.75, 3.05) is 4.90 Å². The number of hydrogen-bond donors (Lipinski definition) is 1. The summed E-state index contributed by atoms with van der Waals surface area (Å²) in [5.74, 6) is -1.59. The number of carbonyl (C=O) groups excluding carboxylic acids is 2. The number of thiophene rings is 1. The Bertz CT molecular complexity index is 512. The molecule has 1 saturated heterocycles. The topological polar surface area (TPSA) is 74.7 Å². The van der Waals surface area contributed by atoms with Crippen LogP contribution in [0.25, 0.3) is 0 Å². The van der Waals surface area contributed by atoms with E-state index in [-0.39, 0.29) is 22.1 Å². The van der Waals surface area contributed by atoms with Crippen LogP contribution in [0.15, 0.2) is 12.1 Å². The minimum absolute atomic E-state index is 0.121. The van der Waals surface area contributed by atoms with Gasteiger partial charge in [0.15, 0.2) is 0 Å². The first-order valence-corrected chi connectivity index (χ1v) is 6.31. The normalized spacial score (nSPS) is 19.1. The Balaban J connectivity index is 2.30. The molecular formula is C12H13NO4S. The fourth-order valence-electron chi connectivity index (χ4n) is 1.99. The molecule has 0 aliphatic carbocycles. The molecule has 0 atom stereocenters. The van der Waals surface area contributed by atoms with E-state index in [1.54, 1.807) is 0 Å². The molecule has 1 aliphatic heterocycles. The van der Waals surface area contributed by atoms with Crippen molar-refractivity contribution in [3.05, 3.63) is 17.0 Å². The highest BCUT2D eigenvalue weighted by Gasteiger charge is 2.38. The third kappa shape index (κ3) is 2.28. The SMILES string of the molecule is CC1(C)CC(=O)N(c2ccc(C(=O)O)s2)C(=O)C1. The Morgan fingerprint density at radius 1 is 1.28 bits per heavy atom. The van der Waals surface area contributed by atoms with E-state index >= 15 is 0 Å². The lowest BCUT2D eigenvalue weighted by molar-refractivity contribution is -0.132. The van der Waals surface area contributed by atoms with Gasteiger partial charge in [-0.2, -0.15) is 0 Å². The van der Waals surface area contributed by atoms with Gasteiger partial charge in [-0.1, -0.05) is 13.8 Å². The molecule has 2 rings (SSSR count). The number of amides is 2. The lowest BCUT2D eigenvalue weighted by Gasteiger charge is -2.33. The highest BCUT2D eigenvalue weighted by Crippen LogP contribution is 2.36. The number of carboxylic acid groups (broad SMARTS) is 1. The fraction of sp³-hybridized carbons (Fsp3) is 0.417. The highest BCUT2D eigenvalue weighted by atomic mass is 32.1. The monoisotopic (exact) mass is 267 g/mol. The number of aromatic carboxylic acids is 1. The van der Waals surface area contributed by atoms with Gasteiger partial charge in [0.25, 0.3) is 0 Å². The Morgan fingerprint density at radius 2 is 1.83 bits per heavy atom. The van der Waals surface area contributed by atoms with Crippen LogP contribution in [0.4, 0.5) is 5.00 Å². The van der Waals surface area contributed by atoms with Crippen LogP contribution in [0.5, 0.6) is 0 Å². The molecule has 18 heavy (non-hydrogen) atoms. The first-order chi connectivity index (χ1) is 8.30. The van der Waals surface area contributed by atoms with E-state index < -0.39 is 5.97 Å². The Morgan fingerprint density at radius 3 is 2.28 bits per heavy atom. The molecule has 2 heterocycles. The van der Waals surface area contributed by atoms with Crippen molar-refractivity contribution in [1.29, 1.82) is 0 Å². The van der Waals surface area contributed by atoms with E-state index in [9.17, 15) is 14.4 Å². The minimum Gasteiger partial charge on any atom is -0.477 e. The summed E-state index contributed by atoms with van der Waals surface area (Å²) in [6.07, 6.45) is 0.581. The predicted octanol–water partition coefficient (Wildman–Crippen LogP) is 2.13. The zero-order valence-electron chi connectivity index (χ0n) is 10.1. The van der Waals surface area contributed by atoms with Gasteiger partial charge in [-0.25, -0.2) is 9.69 Å². The molecule has 1 aromatic rings. The molecule has 96 valence electrons. The quantitative estimate of drug-likeness (QED) is 0.833. The zero-order valence-corrected chi connectivity index (χ0v) is 10.9. The maximum atomic E-state index is 12.0. The van der Waals surface area contributed by atoms with Crippen molar-refractivity contribution in [3.63, 3.8) is 0 Å². The smallest absolute Gasteiger partial charge is 0.345 e. The number of rotatable bonds is 2. The number of nitrogens with zero attached hydrogens (tertiary/aromatic N) is 1. The summed E-state index contributed by atoms with van der Waals surface area (Å²) < 4.78 is 0. The lowest BCUT2D eigenvalue weighted by atomic mass is 9.82. The molecule has 1 aliphatic rings. The van der Waals surface area contributed by atoms with Gasteiger partial charge in [0, 0.05) is 12.8 Å². The summed E-state index contributed by atoms with van der Waals surface area (Å²) in [7, 11) is 0. The van der Waals surface area contributed by atoms with Crippen molar-refractivity contribution in [2.45, 2.75) is 26.7 Å². The molecule has 1 aromatic heterocycles. The van der Waals surface area contributed by atoms with Crippen LogP contribution >= 0.6 is 11.3 Å². The van der Waals surface area contributed by atoms with E-state index in [4.69, 9.17) is 5.11 Å². The average Bonchev–Trinajstić information content (AvgIpc) is 2.63. The zero-order chi connectivity index (χ0) is 13.5. The second-order valence-corrected chi connectivity index (χ2v) is 6.15. The third-order valence-electron chi connectivity index (χ3n) is 2.78. The fourth-order valence-corrected chi connectivity index (χ4v) is 2.87. The molecule has 0 saturated carbocycles. The van der Waals surface area contributed by atoms with Gasteiger partial charge < -0.3 is 5.11 Å². The van der Waals surface area contributed by atoms with Crippen LogP contribution in [-0.2, 0) is 9.59 Å². The Labute approximate surface area is 108 Å². The number of imide groups is 1. The summed E-state index contributed by atoms with van der Waals surface area (Å²) >= 11 is 0.940. The first-order valence-electron chi connectivity index (χ1n) is 5.49. The third-order valence-corrected chi connectivity index (χ3v) is 3.84. The molecule has 1 N–H and O–H groups in total. The van der Waals surface area contributed by atoms with Crippen LogP contribution in [0.1, 0.15) is 36.4 Å². The molecule has 0 unspecified atom stereocenters. The molecule has 0 bridgehead atoms. The van der Waals surface area contributed by atoms with Gasteiger partial charge in [0.2, 0.25) is 11.8 Å². The van der Waals surface area contributed by atoms with Gasteiger partial charge >= 0.3 is 5.97 Å². The van der Waals surface area contributed by atoms with Crippen LogP contribution in [0, 0.1) is 5.41 Å². The number of carboxylic acids is 1. The maximum absolute atomic E-state index is 12.0. The highest BCUT2D eigenvalue weighted by molar-refractivity contribution is 7.18. The molecule has 0 radical (unpaired) electrons. The summed E-state index contributed by atoms with van der Waals surface area (Å²) in [5, 5.41) is 9.22. The number of piperidine rings is 1. The van der Waals surface area contributed by atoms with Crippen molar-refractivity contribution < 1.29 is 19.5 Å². The standard InChI is InChI=1S/C12H13NO4S/c1-12(2)5-8(14)13(9(15)6-12)10-4-3-7(18-10)11(16)17/h3-4H,5-6H2,1-2H3,(H,16,17). The summed E-state index contributed by atoms with van der Waals surface area (Å²) in [5.41, 5.74) is -0.322. The lowest BCUT2D eigenvalue weighted by Crippen LogP contribution is -2.45. The van der Waals surface area contributed by atoms with Crippen molar-refractivity contribution in [2.24, 2.45) is 5.41 Å². The first kappa shape index (κ1) is 12.8.